The molecule has 6 heteroatoms. The number of fused-ring (bicyclic) bond motifs is 2. The van der Waals surface area contributed by atoms with Crippen LogP contribution in [0.1, 0.15) is 31.2 Å². The molecule has 3 heterocycles. The summed E-state index contributed by atoms with van der Waals surface area (Å²) in [5.41, 5.74) is 2.92. The molecule has 2 aromatic carbocycles. The number of para-hydroxylation sites is 2. The first-order valence-electron chi connectivity index (χ1n) is 10.5. The van der Waals surface area contributed by atoms with Crippen molar-refractivity contribution in [2.75, 3.05) is 13.1 Å². The molecule has 2 aromatic heterocycles. The van der Waals surface area contributed by atoms with Crippen LogP contribution in [0.15, 0.2) is 51.7 Å². The molecule has 30 heavy (non-hydrogen) atoms. The molecular weight excluding hydrogens is 378 g/mol. The average molecular weight is 403 g/mol. The van der Waals surface area contributed by atoms with Crippen LogP contribution in [0.4, 0.5) is 0 Å². The van der Waals surface area contributed by atoms with Crippen LogP contribution in [0.25, 0.3) is 33.4 Å². The molecule has 1 N–H and O–H groups in total. The van der Waals surface area contributed by atoms with Gasteiger partial charge in [-0.25, -0.2) is 9.78 Å². The second kappa shape index (κ2) is 7.61. The van der Waals surface area contributed by atoms with Gasteiger partial charge in [-0.05, 0) is 56.3 Å². The quantitative estimate of drug-likeness (QED) is 0.513. The van der Waals surface area contributed by atoms with Crippen molar-refractivity contribution in [2.45, 2.75) is 32.2 Å². The molecule has 0 bridgehead atoms. The van der Waals surface area contributed by atoms with E-state index in [9.17, 15) is 9.90 Å². The van der Waals surface area contributed by atoms with Crippen molar-refractivity contribution in [2.24, 2.45) is 7.05 Å². The number of rotatable bonds is 3. The van der Waals surface area contributed by atoms with E-state index in [1.165, 1.54) is 12.8 Å². The molecular formula is C24H25N3O3. The van der Waals surface area contributed by atoms with E-state index in [0.717, 1.165) is 42.4 Å². The highest BCUT2D eigenvalue weighted by molar-refractivity contribution is 5.87. The van der Waals surface area contributed by atoms with Gasteiger partial charge in [0.2, 0.25) is 0 Å². The predicted molar refractivity (Wildman–Crippen MR) is 118 cm³/mol. The molecule has 1 aliphatic rings. The van der Waals surface area contributed by atoms with Crippen LogP contribution in [-0.2, 0) is 13.6 Å². The summed E-state index contributed by atoms with van der Waals surface area (Å²) in [5.74, 6) is 0.749. The van der Waals surface area contributed by atoms with Gasteiger partial charge < -0.3 is 14.1 Å². The first-order chi connectivity index (χ1) is 14.6. The van der Waals surface area contributed by atoms with E-state index in [0.29, 0.717) is 29.1 Å². The standard InChI is InChI=1S/C24H25N3O3/c1-26-20-9-5-4-8-19(20)25-23(26)17-14-16-10-11-21(28)18(22(16)30-24(17)29)15-27-12-6-2-3-7-13-27/h4-5,8-11,14,28H,2-3,6-7,12-13,15H2,1H3. The third-order valence-electron chi connectivity index (χ3n) is 6.09. The van der Waals surface area contributed by atoms with Gasteiger partial charge in [-0.3, -0.25) is 4.90 Å². The maximum atomic E-state index is 13.0. The number of aromatic hydroxyl groups is 1. The van der Waals surface area contributed by atoms with E-state index in [1.807, 2.05) is 41.9 Å². The van der Waals surface area contributed by atoms with Crippen molar-refractivity contribution < 1.29 is 9.52 Å². The smallest absolute Gasteiger partial charge is 0.347 e. The van der Waals surface area contributed by atoms with Crippen LogP contribution in [-0.4, -0.2) is 32.6 Å². The van der Waals surface area contributed by atoms with Crippen molar-refractivity contribution in [1.29, 1.82) is 0 Å². The molecule has 1 fully saturated rings. The van der Waals surface area contributed by atoms with Gasteiger partial charge in [0.25, 0.3) is 0 Å². The van der Waals surface area contributed by atoms with Crippen LogP contribution in [0.2, 0.25) is 0 Å². The van der Waals surface area contributed by atoms with E-state index in [4.69, 9.17) is 4.42 Å². The predicted octanol–water partition coefficient (Wildman–Crippen LogP) is 4.43. The normalized spacial score (nSPS) is 15.6. The summed E-state index contributed by atoms with van der Waals surface area (Å²) >= 11 is 0. The highest BCUT2D eigenvalue weighted by Gasteiger charge is 2.19. The average Bonchev–Trinajstić information content (AvgIpc) is 2.91. The topological polar surface area (TPSA) is 71.5 Å². The molecule has 1 saturated heterocycles. The van der Waals surface area contributed by atoms with Gasteiger partial charge >= 0.3 is 5.63 Å². The Hall–Kier alpha value is -3.12. The Balaban J connectivity index is 1.61. The van der Waals surface area contributed by atoms with Crippen LogP contribution in [0.5, 0.6) is 5.75 Å². The second-order valence-corrected chi connectivity index (χ2v) is 8.10. The number of hydrogen-bond donors (Lipinski definition) is 1. The molecule has 5 rings (SSSR count). The highest BCUT2D eigenvalue weighted by atomic mass is 16.4. The summed E-state index contributed by atoms with van der Waals surface area (Å²) in [7, 11) is 1.90. The fourth-order valence-electron chi connectivity index (χ4n) is 4.44. The fraction of sp³-hybridized carbons (Fsp3) is 0.333. The van der Waals surface area contributed by atoms with Crippen LogP contribution < -0.4 is 5.63 Å². The largest absolute Gasteiger partial charge is 0.507 e. The van der Waals surface area contributed by atoms with E-state index < -0.39 is 5.63 Å². The Morgan fingerprint density at radius 1 is 1.07 bits per heavy atom. The van der Waals surface area contributed by atoms with Crippen molar-refractivity contribution in [3.63, 3.8) is 0 Å². The maximum Gasteiger partial charge on any atom is 0.347 e. The third kappa shape index (κ3) is 3.27. The zero-order valence-corrected chi connectivity index (χ0v) is 17.1. The van der Waals surface area contributed by atoms with Crippen molar-refractivity contribution in [3.05, 3.63) is 58.4 Å². The molecule has 154 valence electrons. The first-order valence-corrected chi connectivity index (χ1v) is 10.5. The molecule has 1 aliphatic heterocycles. The minimum Gasteiger partial charge on any atom is -0.507 e. The second-order valence-electron chi connectivity index (χ2n) is 8.10. The molecule has 0 radical (unpaired) electrons. The number of aromatic nitrogens is 2. The summed E-state index contributed by atoms with van der Waals surface area (Å²) in [6.07, 6.45) is 4.81. The number of phenolic OH excluding ortho intramolecular Hbond substituents is 1. The van der Waals surface area contributed by atoms with Crippen molar-refractivity contribution >= 4 is 22.0 Å². The Morgan fingerprint density at radius 2 is 1.83 bits per heavy atom. The van der Waals surface area contributed by atoms with Gasteiger partial charge in [-0.15, -0.1) is 0 Å². The minimum atomic E-state index is -0.441. The van der Waals surface area contributed by atoms with Crippen LogP contribution in [0.3, 0.4) is 0 Å². The third-order valence-corrected chi connectivity index (χ3v) is 6.09. The fourth-order valence-corrected chi connectivity index (χ4v) is 4.44. The van der Waals surface area contributed by atoms with E-state index in [-0.39, 0.29) is 5.75 Å². The molecule has 0 amide bonds. The Labute approximate surface area is 174 Å². The van der Waals surface area contributed by atoms with Gasteiger partial charge in [0.1, 0.15) is 22.7 Å². The first kappa shape index (κ1) is 18.9. The molecule has 0 atom stereocenters. The summed E-state index contributed by atoms with van der Waals surface area (Å²) in [6.45, 7) is 2.58. The number of aryl methyl sites for hydroxylation is 1. The number of hydrogen-bond acceptors (Lipinski definition) is 5. The van der Waals surface area contributed by atoms with Crippen LogP contribution >= 0.6 is 0 Å². The van der Waals surface area contributed by atoms with E-state index in [2.05, 4.69) is 9.88 Å². The summed E-state index contributed by atoms with van der Waals surface area (Å²) < 4.78 is 7.70. The highest BCUT2D eigenvalue weighted by Crippen LogP contribution is 2.31. The number of nitrogens with zero attached hydrogens (tertiary/aromatic N) is 3. The van der Waals surface area contributed by atoms with Gasteiger partial charge in [-0.1, -0.05) is 25.0 Å². The van der Waals surface area contributed by atoms with Gasteiger partial charge in [-0.2, -0.15) is 0 Å². The number of benzene rings is 2. The monoisotopic (exact) mass is 403 g/mol. The zero-order valence-electron chi connectivity index (χ0n) is 17.1. The van der Waals surface area contributed by atoms with Gasteiger partial charge in [0.15, 0.2) is 0 Å². The SMILES string of the molecule is Cn1c(-c2cc3ccc(O)c(CN4CCCCCC4)c3oc2=O)nc2ccccc21. The number of imidazole rings is 1. The number of likely N-dealkylation sites (tertiary alicyclic amines) is 1. The summed E-state index contributed by atoms with van der Waals surface area (Å²) in [6, 6.07) is 13.1. The molecule has 0 saturated carbocycles. The van der Waals surface area contributed by atoms with E-state index in [1.54, 1.807) is 12.1 Å². The molecule has 4 aromatic rings. The zero-order chi connectivity index (χ0) is 20.7. The van der Waals surface area contributed by atoms with Gasteiger partial charge in [0, 0.05) is 19.0 Å². The lowest BCUT2D eigenvalue weighted by atomic mass is 10.1. The molecule has 0 unspecified atom stereocenters. The number of phenols is 1. The maximum absolute atomic E-state index is 13.0. The molecule has 0 spiro atoms. The van der Waals surface area contributed by atoms with Gasteiger partial charge in [0.05, 0.1) is 16.6 Å². The summed E-state index contributed by atoms with van der Waals surface area (Å²) in [5, 5.41) is 11.3. The van der Waals surface area contributed by atoms with E-state index >= 15 is 0 Å². The minimum absolute atomic E-state index is 0.172. The Bertz CT molecular complexity index is 1280. The Morgan fingerprint density at radius 3 is 2.60 bits per heavy atom. The van der Waals surface area contributed by atoms with Crippen molar-refractivity contribution in [1.82, 2.24) is 14.5 Å². The lowest BCUT2D eigenvalue weighted by Crippen LogP contribution is -2.24. The van der Waals surface area contributed by atoms with Crippen molar-refractivity contribution in [3.8, 4) is 17.1 Å². The van der Waals surface area contributed by atoms with Crippen LogP contribution in [0, 0.1) is 0 Å². The Kier molecular flexibility index (Phi) is 4.79. The lowest BCUT2D eigenvalue weighted by molar-refractivity contribution is 0.272. The lowest BCUT2D eigenvalue weighted by Gasteiger charge is -2.20. The molecule has 6 nitrogen and oxygen atoms in total. The summed E-state index contributed by atoms with van der Waals surface area (Å²) in [4.78, 5) is 19.9. The molecule has 0 aliphatic carbocycles.